The zero-order chi connectivity index (χ0) is 21.8. The molecule has 0 saturated carbocycles. The summed E-state index contributed by atoms with van der Waals surface area (Å²) in [5.74, 6) is 1.26. The Morgan fingerprint density at radius 2 is 1.70 bits per heavy atom. The van der Waals surface area contributed by atoms with Gasteiger partial charge in [0.1, 0.15) is 0 Å². The van der Waals surface area contributed by atoms with Crippen LogP contribution in [0, 0.1) is 0 Å². The van der Waals surface area contributed by atoms with E-state index in [-0.39, 0.29) is 23.0 Å². The average Bonchev–Trinajstić information content (AvgIpc) is 2.98. The van der Waals surface area contributed by atoms with E-state index in [1.54, 1.807) is 39.7 Å². The van der Waals surface area contributed by atoms with Crippen molar-refractivity contribution in [2.24, 2.45) is 4.99 Å². The van der Waals surface area contributed by atoms with Gasteiger partial charge in [0, 0.05) is 24.6 Å². The zero-order valence-electron chi connectivity index (χ0n) is 17.8. The Kier molecular flexibility index (Phi) is 6.40. The molecule has 0 N–H and O–H groups in total. The number of carbonyl (C=O) groups is 1. The summed E-state index contributed by atoms with van der Waals surface area (Å²) in [7, 11) is 6.15. The van der Waals surface area contributed by atoms with Crippen molar-refractivity contribution in [2.45, 2.75) is 25.7 Å². The van der Waals surface area contributed by atoms with Crippen molar-refractivity contribution in [2.75, 3.05) is 28.4 Å². The zero-order valence-corrected chi connectivity index (χ0v) is 17.8. The van der Waals surface area contributed by atoms with Gasteiger partial charge in [0.05, 0.1) is 28.4 Å². The fourth-order valence-electron chi connectivity index (χ4n) is 3.85. The molecule has 3 rings (SSSR count). The lowest BCUT2D eigenvalue weighted by Crippen LogP contribution is -2.06. The third-order valence-corrected chi connectivity index (χ3v) is 5.20. The number of hydrogen-bond donors (Lipinski definition) is 0. The molecule has 2 aromatic rings. The molecule has 0 aromatic heterocycles. The first-order valence-electron chi connectivity index (χ1n) is 9.54. The average molecular weight is 411 g/mol. The normalized spacial score (nSPS) is 15.0. The van der Waals surface area contributed by atoms with E-state index in [0.29, 0.717) is 30.1 Å². The summed E-state index contributed by atoms with van der Waals surface area (Å²) in [5.41, 5.74) is 3.10. The molecule has 2 aromatic carbocycles. The van der Waals surface area contributed by atoms with E-state index < -0.39 is 0 Å². The Morgan fingerprint density at radius 1 is 1.00 bits per heavy atom. The van der Waals surface area contributed by atoms with Gasteiger partial charge in [-0.1, -0.05) is 6.07 Å². The van der Waals surface area contributed by atoms with Gasteiger partial charge in [0.15, 0.2) is 17.2 Å². The Labute approximate surface area is 175 Å². The fourth-order valence-corrected chi connectivity index (χ4v) is 3.85. The highest BCUT2D eigenvalue weighted by Crippen LogP contribution is 2.50. The molecule has 0 spiro atoms. The summed E-state index contributed by atoms with van der Waals surface area (Å²) in [6.07, 6.45) is 2.94. The lowest BCUT2D eigenvalue weighted by atomic mass is 9.93. The molecule has 1 atom stereocenters. The van der Waals surface area contributed by atoms with E-state index in [1.807, 2.05) is 12.1 Å². The van der Waals surface area contributed by atoms with Gasteiger partial charge >= 0.3 is 0 Å². The number of fused-ring (bicyclic) bond motifs is 3. The van der Waals surface area contributed by atoms with Gasteiger partial charge in [0.2, 0.25) is 17.1 Å². The van der Waals surface area contributed by atoms with Crippen LogP contribution in [0.15, 0.2) is 34.1 Å². The largest absolute Gasteiger partial charge is 0.493 e. The molecular formula is C23H25NO6. The van der Waals surface area contributed by atoms with Gasteiger partial charge in [0.25, 0.3) is 0 Å². The maximum Gasteiger partial charge on any atom is 0.242 e. The predicted octanol–water partition coefficient (Wildman–Crippen LogP) is 3.40. The minimum absolute atomic E-state index is 0.228. The Balaban J connectivity index is 2.41. The molecular weight excluding hydrogens is 386 g/mol. The van der Waals surface area contributed by atoms with Crippen molar-refractivity contribution >= 4 is 12.1 Å². The van der Waals surface area contributed by atoms with Crippen LogP contribution in [0.5, 0.6) is 23.0 Å². The number of aryl methyl sites for hydroxylation is 1. The first-order chi connectivity index (χ1) is 14.4. The number of methoxy groups -OCH3 is 4. The van der Waals surface area contributed by atoms with Gasteiger partial charge in [-0.05, 0) is 47.7 Å². The second kappa shape index (κ2) is 8.98. The topological polar surface area (TPSA) is 83.4 Å². The van der Waals surface area contributed by atoms with E-state index in [4.69, 9.17) is 18.9 Å². The van der Waals surface area contributed by atoms with Crippen LogP contribution in [0.25, 0.3) is 11.1 Å². The molecule has 0 unspecified atom stereocenters. The van der Waals surface area contributed by atoms with Crippen molar-refractivity contribution in [1.82, 2.24) is 0 Å². The standard InChI is InChI=1S/C23H25NO6/c1-13(25)24-12-15-7-6-14-10-20(28-3)22(29-4)23(30-5)21(14)16-8-9-19(27-2)18(26)11-17(15)16/h8-12,15H,6-7H2,1-5H3/t15-/m1/s1. The van der Waals surface area contributed by atoms with Crippen LogP contribution in [0.4, 0.5) is 0 Å². The number of ether oxygens (including phenoxy) is 4. The number of rotatable bonds is 5. The summed E-state index contributed by atoms with van der Waals surface area (Å²) in [6, 6.07) is 6.96. The van der Waals surface area contributed by atoms with Crippen LogP contribution in [0.3, 0.4) is 0 Å². The van der Waals surface area contributed by atoms with E-state index in [1.165, 1.54) is 14.0 Å². The Hall–Kier alpha value is -3.35. The number of nitrogens with zero attached hydrogens (tertiary/aromatic N) is 1. The minimum atomic E-state index is -0.292. The van der Waals surface area contributed by atoms with Crippen LogP contribution >= 0.6 is 0 Å². The molecule has 1 amide bonds. The number of hydrogen-bond acceptors (Lipinski definition) is 6. The smallest absolute Gasteiger partial charge is 0.242 e. The van der Waals surface area contributed by atoms with Crippen molar-refractivity contribution in [1.29, 1.82) is 0 Å². The van der Waals surface area contributed by atoms with E-state index in [2.05, 4.69) is 4.99 Å². The molecule has 7 heteroatoms. The predicted molar refractivity (Wildman–Crippen MR) is 115 cm³/mol. The monoisotopic (exact) mass is 411 g/mol. The fraction of sp³-hybridized carbons (Fsp3) is 0.348. The summed E-state index contributed by atoms with van der Waals surface area (Å²) in [6.45, 7) is 1.40. The maximum atomic E-state index is 12.7. The molecule has 1 aliphatic rings. The highest BCUT2D eigenvalue weighted by atomic mass is 16.5. The van der Waals surface area contributed by atoms with E-state index >= 15 is 0 Å². The van der Waals surface area contributed by atoms with Crippen LogP contribution in [0.2, 0.25) is 0 Å². The molecule has 0 radical (unpaired) electrons. The quantitative estimate of drug-likeness (QED) is 0.702. The minimum Gasteiger partial charge on any atom is -0.493 e. The molecule has 0 saturated heterocycles. The van der Waals surface area contributed by atoms with Crippen molar-refractivity contribution in [3.05, 3.63) is 45.6 Å². The van der Waals surface area contributed by atoms with E-state index in [9.17, 15) is 9.59 Å². The first-order valence-corrected chi connectivity index (χ1v) is 9.54. The molecule has 158 valence electrons. The van der Waals surface area contributed by atoms with Crippen LogP contribution in [-0.2, 0) is 11.2 Å². The summed E-state index contributed by atoms with van der Waals surface area (Å²) >= 11 is 0. The molecule has 0 heterocycles. The molecule has 7 nitrogen and oxygen atoms in total. The van der Waals surface area contributed by atoms with Crippen LogP contribution in [-0.4, -0.2) is 40.6 Å². The van der Waals surface area contributed by atoms with Gasteiger partial charge in [-0.15, -0.1) is 0 Å². The third kappa shape index (κ3) is 3.87. The molecule has 30 heavy (non-hydrogen) atoms. The van der Waals surface area contributed by atoms with Crippen LogP contribution in [0.1, 0.15) is 30.4 Å². The van der Waals surface area contributed by atoms with Gasteiger partial charge in [-0.3, -0.25) is 9.59 Å². The molecule has 1 aliphatic carbocycles. The lowest BCUT2D eigenvalue weighted by molar-refractivity contribution is -0.115. The summed E-state index contributed by atoms with van der Waals surface area (Å²) < 4.78 is 22.1. The lowest BCUT2D eigenvalue weighted by Gasteiger charge is -2.19. The van der Waals surface area contributed by atoms with Gasteiger partial charge in [-0.25, -0.2) is 4.99 Å². The van der Waals surface area contributed by atoms with Crippen molar-refractivity contribution < 1.29 is 23.7 Å². The Morgan fingerprint density at radius 3 is 2.30 bits per heavy atom. The molecule has 0 fully saturated rings. The van der Waals surface area contributed by atoms with Gasteiger partial charge < -0.3 is 18.9 Å². The SMILES string of the molecule is COc1cc2c(c(OC)c1OC)-c1ccc(OC)c(=O)cc1[C@@H](C=NC(C)=O)CC2. The highest BCUT2D eigenvalue weighted by Gasteiger charge is 2.28. The van der Waals surface area contributed by atoms with Crippen molar-refractivity contribution in [3.8, 4) is 34.1 Å². The number of amides is 1. The maximum absolute atomic E-state index is 12.7. The van der Waals surface area contributed by atoms with Crippen molar-refractivity contribution in [3.63, 3.8) is 0 Å². The number of benzene rings is 1. The third-order valence-electron chi connectivity index (χ3n) is 5.20. The second-order valence-corrected chi connectivity index (χ2v) is 6.90. The second-order valence-electron chi connectivity index (χ2n) is 6.90. The first kappa shape index (κ1) is 21.4. The van der Waals surface area contributed by atoms with E-state index in [0.717, 1.165) is 22.3 Å². The highest BCUT2D eigenvalue weighted by molar-refractivity contribution is 5.89. The number of carbonyl (C=O) groups excluding carboxylic acids is 1. The van der Waals surface area contributed by atoms with Gasteiger partial charge in [-0.2, -0.15) is 0 Å². The van der Waals surface area contributed by atoms with Crippen LogP contribution < -0.4 is 24.4 Å². The number of aliphatic imine (C=N–C) groups is 1. The summed E-state index contributed by atoms with van der Waals surface area (Å²) in [4.78, 5) is 28.1. The molecule has 0 aliphatic heterocycles. The summed E-state index contributed by atoms with van der Waals surface area (Å²) in [5, 5.41) is 0. The Bertz CT molecular complexity index is 1060. The molecule has 0 bridgehead atoms.